The Morgan fingerprint density at radius 1 is 1.05 bits per heavy atom. The van der Waals surface area contributed by atoms with Gasteiger partial charge in [-0.05, 0) is 44.4 Å². The standard InChI is InChI=1S/C15H21N3S/c1-15(2,3)18-10-8-17(9-11-18)14-12-6-4-5-7-13(12)19-16-14/h4-7H,8-11H2,1-3H3. The first-order chi connectivity index (χ1) is 9.05. The van der Waals surface area contributed by atoms with Crippen LogP contribution in [0.5, 0.6) is 0 Å². The van der Waals surface area contributed by atoms with Crippen LogP contribution in [0.1, 0.15) is 20.8 Å². The van der Waals surface area contributed by atoms with Crippen molar-refractivity contribution >= 4 is 27.4 Å². The normalized spacial score (nSPS) is 18.2. The van der Waals surface area contributed by atoms with E-state index in [1.54, 1.807) is 11.5 Å². The lowest BCUT2D eigenvalue weighted by Crippen LogP contribution is -2.53. The van der Waals surface area contributed by atoms with Gasteiger partial charge in [-0.15, -0.1) is 0 Å². The minimum atomic E-state index is 0.274. The van der Waals surface area contributed by atoms with Crippen molar-refractivity contribution in [2.45, 2.75) is 26.3 Å². The van der Waals surface area contributed by atoms with E-state index in [1.165, 1.54) is 15.9 Å². The number of anilines is 1. The highest BCUT2D eigenvalue weighted by Crippen LogP contribution is 2.30. The lowest BCUT2D eigenvalue weighted by atomic mass is 10.0. The number of rotatable bonds is 1. The number of aromatic nitrogens is 1. The summed E-state index contributed by atoms with van der Waals surface area (Å²) in [5, 5.41) is 1.30. The molecule has 0 amide bonds. The van der Waals surface area contributed by atoms with Crippen LogP contribution in [0.4, 0.5) is 5.82 Å². The fourth-order valence-corrected chi connectivity index (χ4v) is 3.49. The van der Waals surface area contributed by atoms with E-state index in [1.807, 2.05) is 0 Å². The lowest BCUT2D eigenvalue weighted by Gasteiger charge is -2.42. The van der Waals surface area contributed by atoms with E-state index in [-0.39, 0.29) is 5.54 Å². The maximum atomic E-state index is 4.66. The van der Waals surface area contributed by atoms with Crippen LogP contribution in [0.2, 0.25) is 0 Å². The largest absolute Gasteiger partial charge is 0.353 e. The predicted molar refractivity (Wildman–Crippen MR) is 83.2 cm³/mol. The highest BCUT2D eigenvalue weighted by atomic mass is 32.1. The van der Waals surface area contributed by atoms with Gasteiger partial charge in [0.15, 0.2) is 0 Å². The number of hydrogen-bond donors (Lipinski definition) is 0. The second-order valence-electron chi connectivity index (χ2n) is 6.15. The quantitative estimate of drug-likeness (QED) is 0.796. The second kappa shape index (κ2) is 4.76. The fourth-order valence-electron chi connectivity index (χ4n) is 2.69. The molecule has 0 unspecified atom stereocenters. The summed E-state index contributed by atoms with van der Waals surface area (Å²) in [5.41, 5.74) is 0.274. The fraction of sp³-hybridized carbons (Fsp3) is 0.533. The maximum absolute atomic E-state index is 4.66. The van der Waals surface area contributed by atoms with Crippen LogP contribution >= 0.6 is 11.5 Å². The van der Waals surface area contributed by atoms with Gasteiger partial charge in [0.1, 0.15) is 5.82 Å². The van der Waals surface area contributed by atoms with E-state index < -0.39 is 0 Å². The van der Waals surface area contributed by atoms with Crippen molar-refractivity contribution in [3.63, 3.8) is 0 Å². The molecule has 0 atom stereocenters. The molecule has 1 aliphatic rings. The molecule has 102 valence electrons. The SMILES string of the molecule is CC(C)(C)N1CCN(c2nsc3ccccc23)CC1. The number of fused-ring (bicyclic) bond motifs is 1. The van der Waals surface area contributed by atoms with Gasteiger partial charge in [-0.3, -0.25) is 4.90 Å². The summed E-state index contributed by atoms with van der Waals surface area (Å²) in [5.74, 6) is 1.18. The van der Waals surface area contributed by atoms with Crippen molar-refractivity contribution in [3.8, 4) is 0 Å². The van der Waals surface area contributed by atoms with Crippen LogP contribution in [-0.2, 0) is 0 Å². The summed E-state index contributed by atoms with van der Waals surface area (Å²) in [6.07, 6.45) is 0. The first-order valence-electron chi connectivity index (χ1n) is 6.90. The molecule has 3 nitrogen and oxygen atoms in total. The molecule has 1 aromatic carbocycles. The summed E-state index contributed by atoms with van der Waals surface area (Å²) in [6.45, 7) is 11.3. The molecule has 0 aliphatic carbocycles. The van der Waals surface area contributed by atoms with E-state index in [0.29, 0.717) is 0 Å². The lowest BCUT2D eigenvalue weighted by molar-refractivity contribution is 0.128. The third-order valence-electron chi connectivity index (χ3n) is 3.89. The van der Waals surface area contributed by atoms with Crippen LogP contribution in [0.3, 0.4) is 0 Å². The van der Waals surface area contributed by atoms with Crippen molar-refractivity contribution in [1.29, 1.82) is 0 Å². The molecule has 2 aromatic rings. The zero-order chi connectivity index (χ0) is 13.5. The van der Waals surface area contributed by atoms with E-state index in [4.69, 9.17) is 0 Å². The smallest absolute Gasteiger partial charge is 0.150 e. The molecule has 1 aliphatic heterocycles. The summed E-state index contributed by atoms with van der Waals surface area (Å²) in [7, 11) is 0. The molecule has 2 heterocycles. The Kier molecular flexibility index (Phi) is 3.23. The molecule has 1 aromatic heterocycles. The molecule has 0 bridgehead atoms. The van der Waals surface area contributed by atoms with Gasteiger partial charge in [0.25, 0.3) is 0 Å². The monoisotopic (exact) mass is 275 g/mol. The summed E-state index contributed by atoms with van der Waals surface area (Å²) in [4.78, 5) is 4.99. The third-order valence-corrected chi connectivity index (χ3v) is 4.70. The summed E-state index contributed by atoms with van der Waals surface area (Å²) < 4.78 is 5.94. The zero-order valence-corrected chi connectivity index (χ0v) is 12.7. The van der Waals surface area contributed by atoms with E-state index in [0.717, 1.165) is 26.2 Å². The van der Waals surface area contributed by atoms with E-state index in [9.17, 15) is 0 Å². The Morgan fingerprint density at radius 3 is 2.42 bits per heavy atom. The first-order valence-corrected chi connectivity index (χ1v) is 7.67. The minimum Gasteiger partial charge on any atom is -0.353 e. The molecule has 19 heavy (non-hydrogen) atoms. The Morgan fingerprint density at radius 2 is 1.74 bits per heavy atom. The van der Waals surface area contributed by atoms with Gasteiger partial charge < -0.3 is 4.90 Å². The van der Waals surface area contributed by atoms with Crippen molar-refractivity contribution in [3.05, 3.63) is 24.3 Å². The molecule has 1 saturated heterocycles. The van der Waals surface area contributed by atoms with Crippen LogP contribution in [0, 0.1) is 0 Å². The summed E-state index contributed by atoms with van der Waals surface area (Å²) >= 11 is 1.61. The van der Waals surface area contributed by atoms with Crippen molar-refractivity contribution in [2.24, 2.45) is 0 Å². The second-order valence-corrected chi connectivity index (χ2v) is 6.95. The highest BCUT2D eigenvalue weighted by Gasteiger charge is 2.27. The molecule has 0 saturated carbocycles. The van der Waals surface area contributed by atoms with Crippen molar-refractivity contribution in [1.82, 2.24) is 9.27 Å². The molecule has 0 radical (unpaired) electrons. The molecule has 1 fully saturated rings. The van der Waals surface area contributed by atoms with Crippen molar-refractivity contribution < 1.29 is 0 Å². The number of piperazine rings is 1. The van der Waals surface area contributed by atoms with Gasteiger partial charge in [-0.25, -0.2) is 0 Å². The minimum absolute atomic E-state index is 0.274. The average Bonchev–Trinajstić information content (AvgIpc) is 2.82. The highest BCUT2D eigenvalue weighted by molar-refractivity contribution is 7.13. The van der Waals surface area contributed by atoms with Crippen LogP contribution in [0.25, 0.3) is 10.1 Å². The van der Waals surface area contributed by atoms with Gasteiger partial charge in [-0.2, -0.15) is 4.37 Å². The first kappa shape index (κ1) is 12.9. The number of nitrogens with zero attached hydrogens (tertiary/aromatic N) is 3. The van der Waals surface area contributed by atoms with Gasteiger partial charge in [-0.1, -0.05) is 12.1 Å². The predicted octanol–water partition coefficient (Wildman–Crippen LogP) is 3.22. The van der Waals surface area contributed by atoms with Crippen LogP contribution in [0.15, 0.2) is 24.3 Å². The molecule has 0 spiro atoms. The average molecular weight is 275 g/mol. The van der Waals surface area contributed by atoms with Gasteiger partial charge in [0.2, 0.25) is 0 Å². The van der Waals surface area contributed by atoms with Crippen LogP contribution < -0.4 is 4.90 Å². The summed E-state index contributed by atoms with van der Waals surface area (Å²) in [6, 6.07) is 8.53. The molecular weight excluding hydrogens is 254 g/mol. The van der Waals surface area contributed by atoms with Gasteiger partial charge in [0, 0.05) is 37.1 Å². The Bertz CT molecular complexity index is 562. The third kappa shape index (κ3) is 2.47. The Labute approximate surface area is 119 Å². The molecular formula is C15H21N3S. The van der Waals surface area contributed by atoms with Gasteiger partial charge >= 0.3 is 0 Å². The Balaban J connectivity index is 1.79. The molecule has 4 heteroatoms. The maximum Gasteiger partial charge on any atom is 0.150 e. The van der Waals surface area contributed by atoms with E-state index >= 15 is 0 Å². The topological polar surface area (TPSA) is 19.4 Å². The van der Waals surface area contributed by atoms with Crippen molar-refractivity contribution in [2.75, 3.05) is 31.1 Å². The van der Waals surface area contributed by atoms with E-state index in [2.05, 4.69) is 59.2 Å². The molecule has 3 rings (SSSR count). The Hall–Kier alpha value is -1.13. The molecule has 0 N–H and O–H groups in total. The number of benzene rings is 1. The van der Waals surface area contributed by atoms with Crippen LogP contribution in [-0.4, -0.2) is 41.0 Å². The van der Waals surface area contributed by atoms with Gasteiger partial charge in [0.05, 0.1) is 4.70 Å². The number of hydrogen-bond acceptors (Lipinski definition) is 4. The zero-order valence-electron chi connectivity index (χ0n) is 11.9.